The summed E-state index contributed by atoms with van der Waals surface area (Å²) in [6, 6.07) is 4.86. The molecule has 0 heterocycles. The second-order valence-corrected chi connectivity index (χ2v) is 3.33. The lowest BCUT2D eigenvalue weighted by atomic mass is 10.1. The fourth-order valence-electron chi connectivity index (χ4n) is 1.46. The summed E-state index contributed by atoms with van der Waals surface area (Å²) < 4.78 is 10.7. The van der Waals surface area contributed by atoms with E-state index in [9.17, 15) is 10.2 Å². The minimum atomic E-state index is -0.386. The molecule has 16 heavy (non-hydrogen) atoms. The summed E-state index contributed by atoms with van der Waals surface area (Å²) in [4.78, 5) is 0. The molecule has 0 spiro atoms. The van der Waals surface area contributed by atoms with Crippen LogP contribution < -0.4 is 0 Å². The van der Waals surface area contributed by atoms with E-state index < -0.39 is 0 Å². The van der Waals surface area contributed by atoms with Gasteiger partial charge in [-0.1, -0.05) is 12.1 Å². The molecule has 0 saturated heterocycles. The van der Waals surface area contributed by atoms with Crippen molar-refractivity contribution >= 4 is 0 Å². The highest BCUT2D eigenvalue weighted by molar-refractivity contribution is 5.44. The van der Waals surface area contributed by atoms with Crippen molar-refractivity contribution in [3.8, 4) is 11.5 Å². The van der Waals surface area contributed by atoms with E-state index in [1.807, 2.05) is 13.8 Å². The summed E-state index contributed by atoms with van der Waals surface area (Å²) in [6.07, 6.45) is 0.0322. The topological polar surface area (TPSA) is 58.9 Å². The molecule has 4 nitrogen and oxygen atoms in total. The maximum Gasteiger partial charge on any atom is 0.161 e. The van der Waals surface area contributed by atoms with Gasteiger partial charge in [0.15, 0.2) is 17.8 Å². The molecule has 4 heteroatoms. The highest BCUT2D eigenvalue weighted by atomic mass is 16.7. The third kappa shape index (κ3) is 3.40. The number of phenolic OH excluding ortho intramolecular Hbond substituents is 2. The Morgan fingerprint density at radius 1 is 1.12 bits per heavy atom. The van der Waals surface area contributed by atoms with E-state index in [2.05, 4.69) is 0 Å². The number of para-hydroxylation sites is 1. The Hall–Kier alpha value is -1.26. The molecule has 0 fully saturated rings. The third-order valence-corrected chi connectivity index (χ3v) is 2.19. The van der Waals surface area contributed by atoms with Gasteiger partial charge in [-0.15, -0.1) is 0 Å². The largest absolute Gasteiger partial charge is 0.504 e. The van der Waals surface area contributed by atoms with Gasteiger partial charge in [-0.05, 0) is 19.9 Å². The molecule has 0 aliphatic heterocycles. The zero-order valence-electron chi connectivity index (χ0n) is 9.64. The van der Waals surface area contributed by atoms with Crippen LogP contribution in [0.25, 0.3) is 0 Å². The van der Waals surface area contributed by atoms with E-state index in [4.69, 9.17) is 9.47 Å². The predicted octanol–water partition coefficient (Wildman–Crippen LogP) is 2.04. The van der Waals surface area contributed by atoms with Crippen molar-refractivity contribution in [1.29, 1.82) is 0 Å². The van der Waals surface area contributed by atoms with Crippen molar-refractivity contribution < 1.29 is 19.7 Å². The molecular weight excluding hydrogens is 208 g/mol. The lowest BCUT2D eigenvalue weighted by Gasteiger charge is -2.17. The zero-order chi connectivity index (χ0) is 12.0. The van der Waals surface area contributed by atoms with Gasteiger partial charge in [-0.2, -0.15) is 0 Å². The van der Waals surface area contributed by atoms with Crippen molar-refractivity contribution in [2.24, 2.45) is 0 Å². The molecule has 1 aromatic carbocycles. The minimum Gasteiger partial charge on any atom is -0.504 e. The van der Waals surface area contributed by atoms with Crippen LogP contribution in [-0.4, -0.2) is 29.7 Å². The van der Waals surface area contributed by atoms with Crippen LogP contribution >= 0.6 is 0 Å². The van der Waals surface area contributed by atoms with Crippen molar-refractivity contribution in [1.82, 2.24) is 0 Å². The van der Waals surface area contributed by atoms with Crippen molar-refractivity contribution in [3.63, 3.8) is 0 Å². The van der Waals surface area contributed by atoms with Crippen LogP contribution in [0.15, 0.2) is 18.2 Å². The Morgan fingerprint density at radius 2 is 1.75 bits per heavy atom. The van der Waals surface area contributed by atoms with E-state index in [0.29, 0.717) is 25.2 Å². The molecular formula is C12H18O4. The molecule has 0 unspecified atom stereocenters. The quantitative estimate of drug-likeness (QED) is 0.575. The van der Waals surface area contributed by atoms with Gasteiger partial charge in [-0.25, -0.2) is 0 Å². The normalized spacial score (nSPS) is 10.9. The molecule has 0 aliphatic carbocycles. The monoisotopic (exact) mass is 226 g/mol. The number of hydrogen-bond donors (Lipinski definition) is 2. The van der Waals surface area contributed by atoms with Crippen molar-refractivity contribution in [2.45, 2.75) is 26.6 Å². The van der Waals surface area contributed by atoms with Gasteiger partial charge in [0.1, 0.15) is 0 Å². The van der Waals surface area contributed by atoms with E-state index in [0.717, 1.165) is 0 Å². The fraction of sp³-hybridized carbons (Fsp3) is 0.500. The van der Waals surface area contributed by atoms with Crippen molar-refractivity contribution in [3.05, 3.63) is 23.8 Å². The molecule has 0 atom stereocenters. The van der Waals surface area contributed by atoms with Gasteiger partial charge in [0, 0.05) is 25.2 Å². The molecule has 1 aromatic rings. The molecule has 1 rings (SSSR count). The zero-order valence-corrected chi connectivity index (χ0v) is 9.64. The molecule has 0 aliphatic rings. The van der Waals surface area contributed by atoms with E-state index in [-0.39, 0.29) is 17.8 Å². The number of hydrogen-bond acceptors (Lipinski definition) is 4. The first-order valence-electron chi connectivity index (χ1n) is 5.42. The van der Waals surface area contributed by atoms with Crippen molar-refractivity contribution in [2.75, 3.05) is 13.2 Å². The SMILES string of the molecule is CCOC(Cc1cccc(O)c1O)OCC. The second kappa shape index (κ2) is 6.35. The highest BCUT2D eigenvalue weighted by Gasteiger charge is 2.13. The number of rotatable bonds is 6. The van der Waals surface area contributed by atoms with Crippen LogP contribution in [0.2, 0.25) is 0 Å². The lowest BCUT2D eigenvalue weighted by molar-refractivity contribution is -0.134. The maximum absolute atomic E-state index is 9.62. The number of benzene rings is 1. The maximum atomic E-state index is 9.62. The first kappa shape index (κ1) is 12.8. The smallest absolute Gasteiger partial charge is 0.161 e. The van der Waals surface area contributed by atoms with Crippen LogP contribution in [0.1, 0.15) is 19.4 Å². The highest BCUT2D eigenvalue weighted by Crippen LogP contribution is 2.29. The molecule has 0 aromatic heterocycles. The summed E-state index contributed by atoms with van der Waals surface area (Å²) in [7, 11) is 0. The minimum absolute atomic E-state index is 0.105. The summed E-state index contributed by atoms with van der Waals surface area (Å²) in [5.41, 5.74) is 0.618. The summed E-state index contributed by atoms with van der Waals surface area (Å²) in [5.74, 6) is -0.226. The lowest BCUT2D eigenvalue weighted by Crippen LogP contribution is -2.20. The van der Waals surface area contributed by atoms with E-state index in [1.54, 1.807) is 12.1 Å². The second-order valence-electron chi connectivity index (χ2n) is 3.33. The standard InChI is InChI=1S/C12H18O4/c1-3-15-11(16-4-2)8-9-6-5-7-10(13)12(9)14/h5-7,11,13-14H,3-4,8H2,1-2H3. The Labute approximate surface area is 95.4 Å². The molecule has 2 N–H and O–H groups in total. The third-order valence-electron chi connectivity index (χ3n) is 2.19. The Morgan fingerprint density at radius 3 is 2.31 bits per heavy atom. The molecule has 90 valence electrons. The van der Waals surface area contributed by atoms with E-state index in [1.165, 1.54) is 6.07 Å². The average molecular weight is 226 g/mol. The molecule has 0 amide bonds. The number of phenols is 2. The first-order valence-corrected chi connectivity index (χ1v) is 5.42. The van der Waals surface area contributed by atoms with Crippen LogP contribution in [0.3, 0.4) is 0 Å². The summed E-state index contributed by atoms with van der Waals surface area (Å²) >= 11 is 0. The fourth-order valence-corrected chi connectivity index (χ4v) is 1.46. The molecule has 0 radical (unpaired) electrons. The van der Waals surface area contributed by atoms with Gasteiger partial charge in [0.2, 0.25) is 0 Å². The van der Waals surface area contributed by atoms with Gasteiger partial charge in [0.05, 0.1) is 0 Å². The number of aromatic hydroxyl groups is 2. The van der Waals surface area contributed by atoms with Gasteiger partial charge >= 0.3 is 0 Å². The average Bonchev–Trinajstić information content (AvgIpc) is 2.25. The van der Waals surface area contributed by atoms with Crippen LogP contribution in [0.5, 0.6) is 11.5 Å². The Kier molecular flexibility index (Phi) is 5.08. The van der Waals surface area contributed by atoms with Gasteiger partial charge in [0.25, 0.3) is 0 Å². The Balaban J connectivity index is 2.72. The Bertz CT molecular complexity index is 319. The van der Waals surface area contributed by atoms with Crippen LogP contribution in [0.4, 0.5) is 0 Å². The van der Waals surface area contributed by atoms with Gasteiger partial charge < -0.3 is 19.7 Å². The molecule has 0 saturated carbocycles. The number of ether oxygens (including phenoxy) is 2. The first-order chi connectivity index (χ1) is 7.69. The summed E-state index contributed by atoms with van der Waals surface area (Å²) in [6.45, 7) is 4.86. The van der Waals surface area contributed by atoms with Gasteiger partial charge in [-0.3, -0.25) is 0 Å². The van der Waals surface area contributed by atoms with E-state index >= 15 is 0 Å². The van der Waals surface area contributed by atoms with Crippen LogP contribution in [-0.2, 0) is 15.9 Å². The van der Waals surface area contributed by atoms with Crippen LogP contribution in [0, 0.1) is 0 Å². The molecule has 0 bridgehead atoms. The predicted molar refractivity (Wildman–Crippen MR) is 60.5 cm³/mol. The summed E-state index contributed by atoms with van der Waals surface area (Å²) in [5, 5.41) is 19.0.